The minimum absolute atomic E-state index is 0.214. The summed E-state index contributed by atoms with van der Waals surface area (Å²) in [4.78, 5) is 0. The first-order valence-electron chi connectivity index (χ1n) is 2.93. The standard InChI is InChI=1S/C6H13O3/c1-3-5(8)6(9)4(2)7/h4-9H,1,3H2,2H3. The van der Waals surface area contributed by atoms with Gasteiger partial charge >= 0.3 is 0 Å². The maximum absolute atomic E-state index is 8.85. The molecule has 3 heteroatoms. The van der Waals surface area contributed by atoms with Crippen LogP contribution >= 0.6 is 0 Å². The minimum Gasteiger partial charge on any atom is -0.391 e. The highest BCUT2D eigenvalue weighted by atomic mass is 16.4. The van der Waals surface area contributed by atoms with Gasteiger partial charge in [0.25, 0.3) is 0 Å². The molecule has 0 aromatic carbocycles. The molecule has 3 unspecified atom stereocenters. The Morgan fingerprint density at radius 3 is 1.89 bits per heavy atom. The van der Waals surface area contributed by atoms with E-state index in [1.165, 1.54) is 6.92 Å². The molecular weight excluding hydrogens is 120 g/mol. The predicted octanol–water partition coefficient (Wildman–Crippen LogP) is -0.687. The van der Waals surface area contributed by atoms with E-state index >= 15 is 0 Å². The van der Waals surface area contributed by atoms with E-state index in [0.717, 1.165) is 0 Å². The highest BCUT2D eigenvalue weighted by Gasteiger charge is 2.18. The molecule has 0 spiro atoms. The normalized spacial score (nSPS) is 21.0. The smallest absolute Gasteiger partial charge is 0.105 e. The van der Waals surface area contributed by atoms with E-state index in [9.17, 15) is 0 Å². The van der Waals surface area contributed by atoms with Gasteiger partial charge in [0.05, 0.1) is 12.2 Å². The summed E-state index contributed by atoms with van der Waals surface area (Å²) in [5.41, 5.74) is 0. The Morgan fingerprint density at radius 2 is 1.78 bits per heavy atom. The van der Waals surface area contributed by atoms with Crippen molar-refractivity contribution >= 4 is 0 Å². The van der Waals surface area contributed by atoms with Crippen LogP contribution in [0.15, 0.2) is 0 Å². The molecule has 3 atom stereocenters. The van der Waals surface area contributed by atoms with Crippen LogP contribution in [0, 0.1) is 6.92 Å². The van der Waals surface area contributed by atoms with Crippen molar-refractivity contribution in [2.24, 2.45) is 0 Å². The van der Waals surface area contributed by atoms with Crippen LogP contribution in [0.25, 0.3) is 0 Å². The van der Waals surface area contributed by atoms with Gasteiger partial charge in [-0.1, -0.05) is 6.92 Å². The highest BCUT2D eigenvalue weighted by molar-refractivity contribution is 4.72. The van der Waals surface area contributed by atoms with Gasteiger partial charge in [-0.25, -0.2) is 0 Å². The average Bonchev–Trinajstić information content (AvgIpc) is 1.84. The molecule has 0 amide bonds. The molecule has 0 bridgehead atoms. The van der Waals surface area contributed by atoms with Gasteiger partial charge in [-0.3, -0.25) is 0 Å². The molecule has 0 fully saturated rings. The topological polar surface area (TPSA) is 60.7 Å². The molecule has 0 heterocycles. The summed E-state index contributed by atoms with van der Waals surface area (Å²) in [5, 5.41) is 26.4. The van der Waals surface area contributed by atoms with Crippen LogP contribution in [0.1, 0.15) is 13.3 Å². The fourth-order valence-corrected chi connectivity index (χ4v) is 0.492. The van der Waals surface area contributed by atoms with Crippen molar-refractivity contribution in [3.8, 4) is 0 Å². The Morgan fingerprint density at radius 1 is 1.33 bits per heavy atom. The number of hydrogen-bond donors (Lipinski definition) is 3. The molecule has 1 radical (unpaired) electrons. The van der Waals surface area contributed by atoms with Gasteiger partial charge in [0.1, 0.15) is 6.10 Å². The maximum atomic E-state index is 8.85. The summed E-state index contributed by atoms with van der Waals surface area (Å²) >= 11 is 0. The molecular formula is C6H13O3. The van der Waals surface area contributed by atoms with Gasteiger partial charge in [-0.15, -0.1) is 0 Å². The molecule has 0 aromatic heterocycles. The van der Waals surface area contributed by atoms with Crippen LogP contribution in [0.3, 0.4) is 0 Å². The van der Waals surface area contributed by atoms with E-state index in [-0.39, 0.29) is 6.42 Å². The SMILES string of the molecule is [CH2]CC(O)C(O)C(C)O. The van der Waals surface area contributed by atoms with E-state index in [1.54, 1.807) is 0 Å². The molecule has 55 valence electrons. The lowest BCUT2D eigenvalue weighted by atomic mass is 10.1. The third-order valence-electron chi connectivity index (χ3n) is 1.18. The number of hydrogen-bond acceptors (Lipinski definition) is 3. The first-order chi connectivity index (χ1) is 4.09. The molecule has 0 aliphatic rings. The van der Waals surface area contributed by atoms with Crippen molar-refractivity contribution in [1.29, 1.82) is 0 Å². The zero-order chi connectivity index (χ0) is 7.44. The minimum atomic E-state index is -1.07. The second-order valence-corrected chi connectivity index (χ2v) is 2.09. The lowest BCUT2D eigenvalue weighted by Crippen LogP contribution is -2.34. The second kappa shape index (κ2) is 3.82. The van der Waals surface area contributed by atoms with E-state index in [1.807, 2.05) is 0 Å². The molecule has 0 aromatic rings. The molecule has 0 aliphatic carbocycles. The third-order valence-corrected chi connectivity index (χ3v) is 1.18. The Bertz CT molecular complexity index is 72.7. The Kier molecular flexibility index (Phi) is 3.77. The van der Waals surface area contributed by atoms with Gasteiger partial charge in [-0.2, -0.15) is 0 Å². The van der Waals surface area contributed by atoms with Crippen LogP contribution in [0.5, 0.6) is 0 Å². The Hall–Kier alpha value is -0.120. The molecule has 0 saturated carbocycles. The van der Waals surface area contributed by atoms with E-state index in [2.05, 4.69) is 6.92 Å². The van der Waals surface area contributed by atoms with Crippen LogP contribution in [-0.2, 0) is 0 Å². The zero-order valence-electron chi connectivity index (χ0n) is 5.49. The summed E-state index contributed by atoms with van der Waals surface area (Å²) in [7, 11) is 0. The molecule has 3 N–H and O–H groups in total. The monoisotopic (exact) mass is 133 g/mol. The second-order valence-electron chi connectivity index (χ2n) is 2.09. The van der Waals surface area contributed by atoms with Gasteiger partial charge in [0.2, 0.25) is 0 Å². The van der Waals surface area contributed by atoms with Crippen molar-refractivity contribution in [3.05, 3.63) is 6.92 Å². The quantitative estimate of drug-likeness (QED) is 0.477. The van der Waals surface area contributed by atoms with Crippen molar-refractivity contribution < 1.29 is 15.3 Å². The van der Waals surface area contributed by atoms with Crippen molar-refractivity contribution in [2.45, 2.75) is 31.7 Å². The van der Waals surface area contributed by atoms with Crippen LogP contribution in [0.4, 0.5) is 0 Å². The van der Waals surface area contributed by atoms with Crippen molar-refractivity contribution in [2.75, 3.05) is 0 Å². The zero-order valence-corrected chi connectivity index (χ0v) is 5.49. The lowest BCUT2D eigenvalue weighted by molar-refractivity contribution is -0.0502. The molecule has 3 nitrogen and oxygen atoms in total. The fraction of sp³-hybridized carbons (Fsp3) is 0.833. The van der Waals surface area contributed by atoms with Gasteiger partial charge in [-0.05, 0) is 13.3 Å². The first-order valence-corrected chi connectivity index (χ1v) is 2.93. The largest absolute Gasteiger partial charge is 0.391 e. The van der Waals surface area contributed by atoms with E-state index < -0.39 is 18.3 Å². The van der Waals surface area contributed by atoms with Crippen molar-refractivity contribution in [3.63, 3.8) is 0 Å². The first kappa shape index (κ1) is 8.88. The molecule has 0 rings (SSSR count). The van der Waals surface area contributed by atoms with Crippen LogP contribution < -0.4 is 0 Å². The molecule has 9 heavy (non-hydrogen) atoms. The predicted molar refractivity (Wildman–Crippen MR) is 33.7 cm³/mol. The summed E-state index contributed by atoms with van der Waals surface area (Å²) in [5.74, 6) is 0. The van der Waals surface area contributed by atoms with Gasteiger partial charge in [0.15, 0.2) is 0 Å². The van der Waals surface area contributed by atoms with E-state index in [0.29, 0.717) is 0 Å². The third kappa shape index (κ3) is 2.79. The summed E-state index contributed by atoms with van der Waals surface area (Å²) in [6, 6.07) is 0. The molecule has 0 saturated heterocycles. The van der Waals surface area contributed by atoms with Gasteiger partial charge < -0.3 is 15.3 Å². The Labute approximate surface area is 54.9 Å². The number of rotatable bonds is 3. The Balaban J connectivity index is 3.58. The highest BCUT2D eigenvalue weighted by Crippen LogP contribution is 2.01. The number of aliphatic hydroxyl groups excluding tert-OH is 3. The lowest BCUT2D eigenvalue weighted by Gasteiger charge is -2.17. The summed E-state index contributed by atoms with van der Waals surface area (Å²) < 4.78 is 0. The van der Waals surface area contributed by atoms with Crippen LogP contribution in [-0.4, -0.2) is 33.6 Å². The maximum Gasteiger partial charge on any atom is 0.105 e. The summed E-state index contributed by atoms with van der Waals surface area (Å²) in [6.45, 7) is 4.79. The number of aliphatic hydroxyl groups is 3. The van der Waals surface area contributed by atoms with Gasteiger partial charge in [0, 0.05) is 0 Å². The average molecular weight is 133 g/mol. The summed E-state index contributed by atoms with van der Waals surface area (Å²) in [6.07, 6.45) is -2.65. The molecule has 0 aliphatic heterocycles. The van der Waals surface area contributed by atoms with Crippen LogP contribution in [0.2, 0.25) is 0 Å². The fourth-order valence-electron chi connectivity index (χ4n) is 0.492. The van der Waals surface area contributed by atoms with E-state index in [4.69, 9.17) is 15.3 Å². The van der Waals surface area contributed by atoms with Crippen molar-refractivity contribution in [1.82, 2.24) is 0 Å².